The summed E-state index contributed by atoms with van der Waals surface area (Å²) in [6, 6.07) is 0. The van der Waals surface area contributed by atoms with Crippen molar-refractivity contribution in [3.63, 3.8) is 0 Å². The van der Waals surface area contributed by atoms with Gasteiger partial charge in [-0.05, 0) is 25.7 Å². The second-order valence-corrected chi connectivity index (χ2v) is 2.46. The summed E-state index contributed by atoms with van der Waals surface area (Å²) in [6.07, 6.45) is 13.0. The summed E-state index contributed by atoms with van der Waals surface area (Å²) < 4.78 is 0. The van der Waals surface area contributed by atoms with E-state index in [1.807, 2.05) is 0 Å². The molecule has 0 amide bonds. The van der Waals surface area contributed by atoms with Gasteiger partial charge in [0.15, 0.2) is 0 Å². The van der Waals surface area contributed by atoms with Crippen LogP contribution in [0.25, 0.3) is 0 Å². The van der Waals surface area contributed by atoms with E-state index in [0.717, 1.165) is 14.2 Å². The highest BCUT2D eigenvalue weighted by molar-refractivity contribution is 4.82. The summed E-state index contributed by atoms with van der Waals surface area (Å²) in [4.78, 5) is 0. The van der Waals surface area contributed by atoms with Crippen molar-refractivity contribution in [2.75, 3.05) is 14.2 Å². The fraction of sp³-hybridized carbons (Fsp3) is 0.800. The highest BCUT2D eigenvalue weighted by atomic mass is 16.2. The van der Waals surface area contributed by atoms with E-state index < -0.39 is 0 Å². The zero-order chi connectivity index (χ0) is 9.66. The minimum Gasteiger partial charge on any atom is -0.400 e. The molecule has 0 radical (unpaired) electrons. The van der Waals surface area contributed by atoms with Gasteiger partial charge in [0.1, 0.15) is 0 Å². The molecule has 0 aromatic heterocycles. The fourth-order valence-electron chi connectivity index (χ4n) is 1.11. The van der Waals surface area contributed by atoms with Gasteiger partial charge in [-0.3, -0.25) is 0 Å². The average Bonchev–Trinajstić information content (AvgIpc) is 2.10. The summed E-state index contributed by atoms with van der Waals surface area (Å²) in [5.74, 6) is 0. The van der Waals surface area contributed by atoms with Crippen LogP contribution in [0, 0.1) is 0 Å². The number of hydrogen-bond acceptors (Lipinski definition) is 2. The lowest BCUT2D eigenvalue weighted by molar-refractivity contribution is 0.399. The van der Waals surface area contributed by atoms with E-state index in [-0.39, 0.29) is 0 Å². The highest BCUT2D eigenvalue weighted by Crippen LogP contribution is 2.09. The molecule has 2 N–H and O–H groups in total. The van der Waals surface area contributed by atoms with E-state index in [2.05, 4.69) is 12.2 Å². The Bertz CT molecular complexity index is 69.9. The monoisotopic (exact) mass is 174 g/mol. The zero-order valence-electron chi connectivity index (χ0n) is 8.29. The molecule has 1 aliphatic carbocycles. The Morgan fingerprint density at radius 1 is 0.667 bits per heavy atom. The molecule has 2 heteroatoms. The van der Waals surface area contributed by atoms with Gasteiger partial charge in [0.25, 0.3) is 0 Å². The Balaban J connectivity index is 0. The predicted octanol–water partition coefficient (Wildman–Crippen LogP) is 2.11. The van der Waals surface area contributed by atoms with E-state index in [1.54, 1.807) is 0 Å². The largest absolute Gasteiger partial charge is 0.400 e. The summed E-state index contributed by atoms with van der Waals surface area (Å²) in [5, 5.41) is 14.0. The molecule has 0 heterocycles. The molecular formula is C10H22O2. The van der Waals surface area contributed by atoms with Crippen molar-refractivity contribution < 1.29 is 10.2 Å². The van der Waals surface area contributed by atoms with Gasteiger partial charge in [-0.15, -0.1) is 0 Å². The number of aliphatic hydroxyl groups is 2. The Hall–Kier alpha value is -0.340. The first-order valence-corrected chi connectivity index (χ1v) is 4.54. The van der Waals surface area contributed by atoms with Crippen LogP contribution in [0.3, 0.4) is 0 Å². The van der Waals surface area contributed by atoms with Crippen LogP contribution in [-0.2, 0) is 0 Å². The normalized spacial score (nSPS) is 15.7. The molecule has 12 heavy (non-hydrogen) atoms. The number of aliphatic hydroxyl groups excluding tert-OH is 2. The summed E-state index contributed by atoms with van der Waals surface area (Å²) in [7, 11) is 2.00. The minimum absolute atomic E-state index is 1.00. The topological polar surface area (TPSA) is 40.5 Å². The van der Waals surface area contributed by atoms with Gasteiger partial charge in [0.2, 0.25) is 0 Å². The standard InChI is InChI=1S/C8H14.2CH4O/c1-2-4-6-8-7-5-3-1;2*1-2/h1-2H,3-8H2;2*2H,1H3. The second-order valence-electron chi connectivity index (χ2n) is 2.46. The van der Waals surface area contributed by atoms with Crippen LogP contribution in [-0.4, -0.2) is 24.4 Å². The van der Waals surface area contributed by atoms with Gasteiger partial charge in [-0.25, -0.2) is 0 Å². The molecule has 0 atom stereocenters. The Kier molecular flexibility index (Phi) is 20.1. The molecular weight excluding hydrogens is 152 g/mol. The average molecular weight is 174 g/mol. The number of rotatable bonds is 0. The van der Waals surface area contributed by atoms with Crippen molar-refractivity contribution in [2.24, 2.45) is 0 Å². The zero-order valence-corrected chi connectivity index (χ0v) is 8.29. The van der Waals surface area contributed by atoms with Crippen LogP contribution in [0.15, 0.2) is 12.2 Å². The molecule has 0 aromatic carbocycles. The lowest BCUT2D eigenvalue weighted by Crippen LogP contribution is -1.80. The van der Waals surface area contributed by atoms with E-state index in [0.29, 0.717) is 0 Å². The lowest BCUT2D eigenvalue weighted by atomic mass is 10.1. The molecule has 2 nitrogen and oxygen atoms in total. The molecule has 0 saturated heterocycles. The smallest absolute Gasteiger partial charge is 0.0319 e. The highest BCUT2D eigenvalue weighted by Gasteiger charge is 1.89. The summed E-state index contributed by atoms with van der Waals surface area (Å²) in [5.41, 5.74) is 0. The van der Waals surface area contributed by atoms with Gasteiger partial charge in [-0.2, -0.15) is 0 Å². The van der Waals surface area contributed by atoms with Gasteiger partial charge < -0.3 is 10.2 Å². The molecule has 0 aliphatic heterocycles. The van der Waals surface area contributed by atoms with E-state index >= 15 is 0 Å². The van der Waals surface area contributed by atoms with Crippen LogP contribution >= 0.6 is 0 Å². The van der Waals surface area contributed by atoms with Gasteiger partial charge in [-0.1, -0.05) is 25.0 Å². The molecule has 0 saturated carbocycles. The molecule has 0 bridgehead atoms. The van der Waals surface area contributed by atoms with Crippen molar-refractivity contribution in [1.29, 1.82) is 0 Å². The molecule has 1 aliphatic rings. The van der Waals surface area contributed by atoms with Crippen molar-refractivity contribution >= 4 is 0 Å². The van der Waals surface area contributed by atoms with Crippen LogP contribution in [0.5, 0.6) is 0 Å². The minimum atomic E-state index is 1.00. The summed E-state index contributed by atoms with van der Waals surface area (Å²) >= 11 is 0. The van der Waals surface area contributed by atoms with Crippen molar-refractivity contribution in [2.45, 2.75) is 38.5 Å². The van der Waals surface area contributed by atoms with Gasteiger partial charge in [0, 0.05) is 14.2 Å². The van der Waals surface area contributed by atoms with Crippen LogP contribution < -0.4 is 0 Å². The maximum atomic E-state index is 7.00. The molecule has 74 valence electrons. The van der Waals surface area contributed by atoms with E-state index in [9.17, 15) is 0 Å². The molecule has 0 unspecified atom stereocenters. The third-order valence-electron chi connectivity index (χ3n) is 1.66. The van der Waals surface area contributed by atoms with Gasteiger partial charge >= 0.3 is 0 Å². The molecule has 0 fully saturated rings. The van der Waals surface area contributed by atoms with Crippen molar-refractivity contribution in [3.05, 3.63) is 12.2 Å². The Labute approximate surface area is 75.9 Å². The number of hydrogen-bond donors (Lipinski definition) is 2. The molecule has 0 spiro atoms. The predicted molar refractivity (Wildman–Crippen MR) is 53.1 cm³/mol. The third-order valence-corrected chi connectivity index (χ3v) is 1.66. The van der Waals surface area contributed by atoms with Crippen LogP contribution in [0.1, 0.15) is 38.5 Å². The first-order chi connectivity index (χ1) is 6.00. The first-order valence-electron chi connectivity index (χ1n) is 4.54. The number of allylic oxidation sites excluding steroid dienone is 2. The maximum Gasteiger partial charge on any atom is 0.0319 e. The quantitative estimate of drug-likeness (QED) is 0.552. The SMILES string of the molecule is C1=CCCCCCC1.CO.CO. The van der Waals surface area contributed by atoms with Crippen LogP contribution in [0.4, 0.5) is 0 Å². The van der Waals surface area contributed by atoms with E-state index in [1.165, 1.54) is 38.5 Å². The van der Waals surface area contributed by atoms with Crippen molar-refractivity contribution in [1.82, 2.24) is 0 Å². The second kappa shape index (κ2) is 17.0. The third kappa shape index (κ3) is 12.3. The van der Waals surface area contributed by atoms with Gasteiger partial charge in [0.05, 0.1) is 0 Å². The molecule has 0 aromatic rings. The molecule has 1 rings (SSSR count). The first kappa shape index (κ1) is 14.2. The lowest BCUT2D eigenvalue weighted by Gasteiger charge is -2.00. The summed E-state index contributed by atoms with van der Waals surface area (Å²) in [6.45, 7) is 0. The fourth-order valence-corrected chi connectivity index (χ4v) is 1.11. The maximum absolute atomic E-state index is 7.00. The van der Waals surface area contributed by atoms with Crippen molar-refractivity contribution in [3.8, 4) is 0 Å². The van der Waals surface area contributed by atoms with E-state index in [4.69, 9.17) is 10.2 Å². The van der Waals surface area contributed by atoms with Crippen LogP contribution in [0.2, 0.25) is 0 Å². The Morgan fingerprint density at radius 2 is 1.00 bits per heavy atom. The Morgan fingerprint density at radius 3 is 1.33 bits per heavy atom.